The van der Waals surface area contributed by atoms with Gasteiger partial charge in [-0.3, -0.25) is 0 Å². The summed E-state index contributed by atoms with van der Waals surface area (Å²) in [6, 6.07) is 5.48. The first-order valence-electron chi connectivity index (χ1n) is 6.70. The smallest absolute Gasteiger partial charge is 0.162 e. The zero-order valence-corrected chi connectivity index (χ0v) is 13.4. The highest BCUT2D eigenvalue weighted by Crippen LogP contribution is 2.30. The van der Waals surface area contributed by atoms with E-state index in [1.165, 1.54) is 0 Å². The Kier molecular flexibility index (Phi) is 10.2. The van der Waals surface area contributed by atoms with Gasteiger partial charge in [-0.1, -0.05) is 15.9 Å². The lowest BCUT2D eigenvalue weighted by Gasteiger charge is -2.13. The predicted octanol–water partition coefficient (Wildman–Crippen LogP) is 1.22. The van der Waals surface area contributed by atoms with Gasteiger partial charge in [-0.25, -0.2) is 0 Å². The molecule has 2 N–H and O–H groups in total. The lowest BCUT2D eigenvalue weighted by Crippen LogP contribution is -2.12. The number of hydrogen-bond acceptors (Lipinski definition) is 6. The molecule has 0 unspecified atom stereocenters. The molecule has 1 rings (SSSR count). The maximum atomic E-state index is 8.60. The molecule has 21 heavy (non-hydrogen) atoms. The van der Waals surface area contributed by atoms with Gasteiger partial charge in [0.15, 0.2) is 11.5 Å². The van der Waals surface area contributed by atoms with E-state index in [0.717, 1.165) is 4.47 Å². The van der Waals surface area contributed by atoms with E-state index in [1.807, 2.05) is 12.1 Å². The fraction of sp³-hybridized carbons (Fsp3) is 0.571. The summed E-state index contributed by atoms with van der Waals surface area (Å²) in [4.78, 5) is 0. The molecule has 0 saturated heterocycles. The van der Waals surface area contributed by atoms with Gasteiger partial charge in [0.25, 0.3) is 0 Å². The molecule has 0 saturated carbocycles. The number of benzene rings is 1. The highest BCUT2D eigenvalue weighted by atomic mass is 79.9. The molecule has 0 bridgehead atoms. The van der Waals surface area contributed by atoms with Crippen LogP contribution in [0.1, 0.15) is 0 Å². The van der Waals surface area contributed by atoms with E-state index in [1.54, 1.807) is 6.07 Å². The van der Waals surface area contributed by atoms with Gasteiger partial charge in [-0.05, 0) is 18.2 Å². The topological polar surface area (TPSA) is 77.4 Å². The molecule has 0 spiro atoms. The van der Waals surface area contributed by atoms with Gasteiger partial charge in [0.05, 0.1) is 39.6 Å². The molecule has 0 aromatic heterocycles. The van der Waals surface area contributed by atoms with Crippen LogP contribution in [0.15, 0.2) is 22.7 Å². The minimum absolute atomic E-state index is 0.000481. The van der Waals surface area contributed by atoms with Crippen molar-refractivity contribution < 1.29 is 29.2 Å². The van der Waals surface area contributed by atoms with Gasteiger partial charge in [-0.2, -0.15) is 0 Å². The Morgan fingerprint density at radius 1 is 0.762 bits per heavy atom. The van der Waals surface area contributed by atoms with Gasteiger partial charge in [0.1, 0.15) is 13.2 Å². The van der Waals surface area contributed by atoms with Crippen molar-refractivity contribution in [3.63, 3.8) is 0 Å². The Bertz CT molecular complexity index is 388. The summed E-state index contributed by atoms with van der Waals surface area (Å²) in [6.45, 7) is 2.14. The molecular weight excluding hydrogens is 344 g/mol. The Hall–Kier alpha value is -0.860. The summed E-state index contributed by atoms with van der Waals surface area (Å²) in [5.41, 5.74) is 0. The second-order valence-electron chi connectivity index (χ2n) is 3.96. The molecule has 0 aliphatic rings. The van der Waals surface area contributed by atoms with Gasteiger partial charge >= 0.3 is 0 Å². The monoisotopic (exact) mass is 364 g/mol. The molecule has 0 radical (unpaired) electrons. The van der Waals surface area contributed by atoms with Gasteiger partial charge in [-0.15, -0.1) is 0 Å². The number of ether oxygens (including phenoxy) is 4. The average Bonchev–Trinajstić information content (AvgIpc) is 2.48. The van der Waals surface area contributed by atoms with Crippen molar-refractivity contribution >= 4 is 15.9 Å². The summed E-state index contributed by atoms with van der Waals surface area (Å²) in [5.74, 6) is 1.23. The van der Waals surface area contributed by atoms with Crippen molar-refractivity contribution in [2.24, 2.45) is 0 Å². The van der Waals surface area contributed by atoms with Crippen LogP contribution in [0.4, 0.5) is 0 Å². The first kappa shape index (κ1) is 18.2. The van der Waals surface area contributed by atoms with E-state index in [9.17, 15) is 0 Å². The van der Waals surface area contributed by atoms with Crippen molar-refractivity contribution in [3.8, 4) is 11.5 Å². The third-order valence-electron chi connectivity index (χ3n) is 2.35. The number of rotatable bonds is 12. The zero-order valence-electron chi connectivity index (χ0n) is 11.8. The molecule has 0 aliphatic heterocycles. The third-order valence-corrected chi connectivity index (χ3v) is 2.84. The van der Waals surface area contributed by atoms with Gasteiger partial charge < -0.3 is 29.2 Å². The molecule has 1 aromatic rings. The highest BCUT2D eigenvalue weighted by Gasteiger charge is 2.06. The summed E-state index contributed by atoms with van der Waals surface area (Å²) in [6.07, 6.45) is 0. The van der Waals surface area contributed by atoms with E-state index < -0.39 is 0 Å². The van der Waals surface area contributed by atoms with Crippen LogP contribution in [0.5, 0.6) is 11.5 Å². The van der Waals surface area contributed by atoms with Crippen LogP contribution in [-0.4, -0.2) is 63.1 Å². The van der Waals surface area contributed by atoms with Crippen molar-refractivity contribution in [2.75, 3.05) is 52.9 Å². The van der Waals surface area contributed by atoms with Crippen LogP contribution in [-0.2, 0) is 9.47 Å². The van der Waals surface area contributed by atoms with Crippen LogP contribution in [0, 0.1) is 0 Å². The SMILES string of the molecule is OCCOCCOc1ccc(Br)cc1OCCOCCO. The molecule has 0 amide bonds. The number of aliphatic hydroxyl groups excluding tert-OH is 2. The Balaban J connectivity index is 2.39. The average molecular weight is 365 g/mol. The van der Waals surface area contributed by atoms with E-state index in [2.05, 4.69) is 15.9 Å². The normalized spacial score (nSPS) is 10.6. The summed E-state index contributed by atoms with van der Waals surface area (Å²) in [7, 11) is 0. The van der Waals surface area contributed by atoms with Crippen molar-refractivity contribution in [1.29, 1.82) is 0 Å². The summed E-state index contributed by atoms with van der Waals surface area (Å²) < 4.78 is 22.3. The molecule has 7 heteroatoms. The quantitative estimate of drug-likeness (QED) is 0.543. The Labute approximate surface area is 132 Å². The second kappa shape index (κ2) is 11.8. The molecule has 1 aromatic carbocycles. The Morgan fingerprint density at radius 3 is 1.90 bits per heavy atom. The minimum Gasteiger partial charge on any atom is -0.487 e. The van der Waals surface area contributed by atoms with E-state index >= 15 is 0 Å². The van der Waals surface area contributed by atoms with Gasteiger partial charge in [0.2, 0.25) is 0 Å². The second-order valence-corrected chi connectivity index (χ2v) is 4.88. The fourth-order valence-electron chi connectivity index (χ4n) is 1.47. The maximum Gasteiger partial charge on any atom is 0.162 e. The van der Waals surface area contributed by atoms with Gasteiger partial charge in [0, 0.05) is 4.47 Å². The number of halogens is 1. The first-order valence-corrected chi connectivity index (χ1v) is 7.49. The fourth-order valence-corrected chi connectivity index (χ4v) is 1.81. The molecule has 0 atom stereocenters. The first-order chi connectivity index (χ1) is 10.3. The molecule has 0 fully saturated rings. The van der Waals surface area contributed by atoms with Crippen molar-refractivity contribution in [3.05, 3.63) is 22.7 Å². The lowest BCUT2D eigenvalue weighted by atomic mass is 10.3. The van der Waals surface area contributed by atoms with Crippen LogP contribution >= 0.6 is 15.9 Å². The molecule has 0 heterocycles. The largest absolute Gasteiger partial charge is 0.487 e. The summed E-state index contributed by atoms with van der Waals surface area (Å²) in [5, 5.41) is 17.2. The third kappa shape index (κ3) is 8.23. The van der Waals surface area contributed by atoms with Crippen LogP contribution < -0.4 is 9.47 Å². The molecule has 120 valence electrons. The number of hydrogen-bond donors (Lipinski definition) is 2. The van der Waals surface area contributed by atoms with E-state index in [0.29, 0.717) is 51.1 Å². The number of aliphatic hydroxyl groups is 2. The summed E-state index contributed by atoms with van der Waals surface area (Å²) >= 11 is 3.38. The molecule has 6 nitrogen and oxygen atoms in total. The minimum atomic E-state index is -0.000907. The lowest BCUT2D eigenvalue weighted by molar-refractivity contribution is 0.0644. The Morgan fingerprint density at radius 2 is 1.33 bits per heavy atom. The van der Waals surface area contributed by atoms with E-state index in [-0.39, 0.29) is 13.2 Å². The van der Waals surface area contributed by atoms with Crippen molar-refractivity contribution in [2.45, 2.75) is 0 Å². The van der Waals surface area contributed by atoms with Crippen molar-refractivity contribution in [1.82, 2.24) is 0 Å². The highest BCUT2D eigenvalue weighted by molar-refractivity contribution is 9.10. The van der Waals surface area contributed by atoms with E-state index in [4.69, 9.17) is 29.2 Å². The predicted molar refractivity (Wildman–Crippen MR) is 80.9 cm³/mol. The van der Waals surface area contributed by atoms with Crippen LogP contribution in [0.25, 0.3) is 0 Å². The van der Waals surface area contributed by atoms with Crippen LogP contribution in [0.2, 0.25) is 0 Å². The molecular formula is C14H21BrO6. The standard InChI is InChI=1S/C14H21BrO6/c15-12-1-2-13(20-9-7-18-5-3-16)14(11-12)21-10-8-19-6-4-17/h1-2,11,16-17H,3-10H2. The zero-order chi connectivity index (χ0) is 15.3. The molecule has 0 aliphatic carbocycles. The maximum absolute atomic E-state index is 8.60. The van der Waals surface area contributed by atoms with Crippen LogP contribution in [0.3, 0.4) is 0 Å².